The normalized spacial score (nSPS) is 13.2. The third-order valence-electron chi connectivity index (χ3n) is 7.26. The van der Waals surface area contributed by atoms with Crippen LogP contribution in [0.3, 0.4) is 0 Å². The number of hydrogen-bond donors (Lipinski definition) is 0. The Balaban J connectivity index is 4.56. The molecule has 0 aromatic heterocycles. The van der Waals surface area contributed by atoms with Crippen LogP contribution in [0.15, 0.2) is 12.2 Å². The minimum atomic E-state index is -1.61. The number of allylic oxidation sites excluding steroid dienone is 2. The lowest BCUT2D eigenvalue weighted by atomic mass is 10.1. The molecule has 0 fully saturated rings. The predicted octanol–water partition coefficient (Wildman–Crippen LogP) is 6.26. The number of quaternary nitrogens is 1. The summed E-state index contributed by atoms with van der Waals surface area (Å²) in [5.74, 6) is -2.31. The van der Waals surface area contributed by atoms with Gasteiger partial charge in [-0.15, -0.1) is 0 Å². The van der Waals surface area contributed by atoms with E-state index < -0.39 is 24.3 Å². The largest absolute Gasteiger partial charge is 0.545 e. The van der Waals surface area contributed by atoms with E-state index in [2.05, 4.69) is 26.0 Å². The zero-order valence-corrected chi connectivity index (χ0v) is 28.8. The van der Waals surface area contributed by atoms with Gasteiger partial charge in [0.1, 0.15) is 13.2 Å². The molecule has 0 bridgehead atoms. The lowest BCUT2D eigenvalue weighted by Gasteiger charge is -2.26. The van der Waals surface area contributed by atoms with Crippen LogP contribution in [0.1, 0.15) is 136 Å². The van der Waals surface area contributed by atoms with Gasteiger partial charge in [0, 0.05) is 12.8 Å². The summed E-state index contributed by atoms with van der Waals surface area (Å²) in [5.41, 5.74) is 0. The highest BCUT2D eigenvalue weighted by atomic mass is 16.7. The Kier molecular flexibility index (Phi) is 27.2. The number of unbranched alkanes of at least 4 members (excludes halogenated alkanes) is 14. The minimum Gasteiger partial charge on any atom is -0.545 e. The lowest BCUT2D eigenvalue weighted by Crippen LogP contribution is -2.44. The molecule has 0 spiro atoms. The molecular weight excluding hydrogens is 562 g/mol. The van der Waals surface area contributed by atoms with Crippen LogP contribution < -0.4 is 5.11 Å². The summed E-state index contributed by atoms with van der Waals surface area (Å²) in [6.45, 7) is 4.61. The molecule has 0 amide bonds. The fourth-order valence-corrected chi connectivity index (χ4v) is 4.47. The molecule has 0 saturated heterocycles. The van der Waals surface area contributed by atoms with Gasteiger partial charge in [-0.25, -0.2) is 0 Å². The van der Waals surface area contributed by atoms with Crippen molar-refractivity contribution in [3.63, 3.8) is 0 Å². The van der Waals surface area contributed by atoms with Crippen molar-refractivity contribution >= 4 is 17.9 Å². The second-order valence-corrected chi connectivity index (χ2v) is 12.8. The zero-order valence-electron chi connectivity index (χ0n) is 28.8. The molecule has 44 heavy (non-hydrogen) atoms. The Bertz CT molecular complexity index is 750. The van der Waals surface area contributed by atoms with E-state index in [1.165, 1.54) is 44.9 Å². The van der Waals surface area contributed by atoms with Crippen molar-refractivity contribution < 1.29 is 42.9 Å². The lowest BCUT2D eigenvalue weighted by molar-refractivity contribution is -0.870. The number of ether oxygens (including phenoxy) is 4. The molecule has 0 saturated carbocycles. The maximum absolute atomic E-state index is 12.6. The maximum Gasteiger partial charge on any atom is 0.306 e. The summed E-state index contributed by atoms with van der Waals surface area (Å²) < 4.78 is 22.3. The molecule has 2 atom stereocenters. The number of aliphatic carboxylic acids is 1. The Morgan fingerprint density at radius 3 is 1.70 bits per heavy atom. The van der Waals surface area contributed by atoms with Crippen LogP contribution in [-0.2, 0) is 33.3 Å². The van der Waals surface area contributed by atoms with E-state index in [-0.39, 0.29) is 38.6 Å². The topological polar surface area (TPSA) is 111 Å². The van der Waals surface area contributed by atoms with Crippen molar-refractivity contribution in [2.45, 2.75) is 148 Å². The van der Waals surface area contributed by atoms with Crippen LogP contribution >= 0.6 is 0 Å². The molecule has 258 valence electrons. The van der Waals surface area contributed by atoms with Gasteiger partial charge in [-0.05, 0) is 38.5 Å². The van der Waals surface area contributed by atoms with Crippen LogP contribution in [0, 0.1) is 0 Å². The number of rotatable bonds is 31. The fraction of sp³-hybridized carbons (Fsp3) is 0.857. The first-order valence-electron chi connectivity index (χ1n) is 17.3. The Morgan fingerprint density at radius 2 is 1.16 bits per heavy atom. The third kappa shape index (κ3) is 28.8. The van der Waals surface area contributed by atoms with E-state index in [0.29, 0.717) is 17.4 Å². The molecule has 0 aromatic rings. The summed E-state index contributed by atoms with van der Waals surface area (Å²) in [6, 6.07) is 0. The number of carboxylic acids is 1. The maximum atomic E-state index is 12.6. The predicted molar refractivity (Wildman–Crippen MR) is 173 cm³/mol. The first-order chi connectivity index (χ1) is 21.1. The van der Waals surface area contributed by atoms with Gasteiger partial charge in [-0.3, -0.25) is 9.59 Å². The SMILES string of the molecule is CCCCCC/C=C\CCCCCCCC(=O)OC(COC(=O)CCCCCCCC)COC(OCC[N+](C)(C)C)C(=O)[O-]. The highest BCUT2D eigenvalue weighted by Gasteiger charge is 2.21. The average molecular weight is 628 g/mol. The third-order valence-corrected chi connectivity index (χ3v) is 7.26. The van der Waals surface area contributed by atoms with E-state index in [9.17, 15) is 19.5 Å². The van der Waals surface area contributed by atoms with E-state index >= 15 is 0 Å². The number of carbonyl (C=O) groups excluding carboxylic acids is 3. The monoisotopic (exact) mass is 627 g/mol. The van der Waals surface area contributed by atoms with Gasteiger partial charge in [0.05, 0.1) is 40.3 Å². The number of carboxylic acid groups (broad SMARTS) is 1. The van der Waals surface area contributed by atoms with Crippen molar-refractivity contribution in [3.8, 4) is 0 Å². The molecule has 0 aliphatic carbocycles. The molecule has 0 N–H and O–H groups in total. The molecular formula is C35H65NO8. The van der Waals surface area contributed by atoms with Gasteiger partial charge in [-0.2, -0.15) is 0 Å². The van der Waals surface area contributed by atoms with Crippen molar-refractivity contribution in [1.29, 1.82) is 0 Å². The highest BCUT2D eigenvalue weighted by molar-refractivity contribution is 5.70. The Labute approximate surface area is 268 Å². The number of esters is 2. The number of carbonyl (C=O) groups is 3. The van der Waals surface area contributed by atoms with Gasteiger partial charge in [0.2, 0.25) is 0 Å². The molecule has 0 radical (unpaired) electrons. The number of hydrogen-bond acceptors (Lipinski definition) is 8. The highest BCUT2D eigenvalue weighted by Crippen LogP contribution is 2.12. The molecule has 0 aliphatic heterocycles. The second-order valence-electron chi connectivity index (χ2n) is 12.8. The van der Waals surface area contributed by atoms with Crippen molar-refractivity contribution in [2.24, 2.45) is 0 Å². The fourth-order valence-electron chi connectivity index (χ4n) is 4.47. The van der Waals surface area contributed by atoms with Gasteiger partial charge in [0.15, 0.2) is 12.4 Å². The Hall–Kier alpha value is -1.97. The van der Waals surface area contributed by atoms with Gasteiger partial charge in [0.25, 0.3) is 0 Å². The summed E-state index contributed by atoms with van der Waals surface area (Å²) in [7, 11) is 5.88. The first kappa shape index (κ1) is 42.0. The molecule has 0 aliphatic rings. The number of likely N-dealkylation sites (N-methyl/N-ethyl adjacent to an activating group) is 1. The van der Waals surface area contributed by atoms with E-state index in [1.807, 2.05) is 21.1 Å². The van der Waals surface area contributed by atoms with Crippen LogP contribution in [-0.4, -0.2) is 82.3 Å². The van der Waals surface area contributed by atoms with Crippen molar-refractivity contribution in [2.75, 3.05) is 47.5 Å². The van der Waals surface area contributed by atoms with E-state index in [0.717, 1.165) is 57.8 Å². The Morgan fingerprint density at radius 1 is 0.659 bits per heavy atom. The molecule has 9 heteroatoms. The molecule has 0 aromatic carbocycles. The minimum absolute atomic E-state index is 0.148. The van der Waals surface area contributed by atoms with Crippen molar-refractivity contribution in [3.05, 3.63) is 12.2 Å². The van der Waals surface area contributed by atoms with E-state index in [1.54, 1.807) is 0 Å². The molecule has 0 heterocycles. The molecule has 2 unspecified atom stereocenters. The van der Waals surface area contributed by atoms with Crippen LogP contribution in [0.5, 0.6) is 0 Å². The van der Waals surface area contributed by atoms with E-state index in [4.69, 9.17) is 18.9 Å². The van der Waals surface area contributed by atoms with Gasteiger partial charge in [-0.1, -0.05) is 96.6 Å². The van der Waals surface area contributed by atoms with Crippen LogP contribution in [0.4, 0.5) is 0 Å². The van der Waals surface area contributed by atoms with Crippen LogP contribution in [0.2, 0.25) is 0 Å². The quantitative estimate of drug-likeness (QED) is 0.0291. The molecule has 9 nitrogen and oxygen atoms in total. The summed E-state index contributed by atoms with van der Waals surface area (Å²) >= 11 is 0. The summed E-state index contributed by atoms with van der Waals surface area (Å²) in [4.78, 5) is 36.4. The number of nitrogens with zero attached hydrogens (tertiary/aromatic N) is 1. The second kappa shape index (κ2) is 28.5. The smallest absolute Gasteiger partial charge is 0.306 e. The molecule has 0 rings (SSSR count). The van der Waals surface area contributed by atoms with Crippen LogP contribution in [0.25, 0.3) is 0 Å². The average Bonchev–Trinajstić information content (AvgIpc) is 2.96. The summed E-state index contributed by atoms with van der Waals surface area (Å²) in [5, 5.41) is 11.6. The van der Waals surface area contributed by atoms with Crippen molar-refractivity contribution in [1.82, 2.24) is 0 Å². The standard InChI is InChI=1S/C35H65NO8/c1-6-8-10-12-14-15-16-17-18-19-20-22-24-26-33(38)44-31(29-42-32(37)25-23-21-13-11-9-7-2)30-43-35(34(39)40)41-28-27-36(3,4)5/h15-16,31,35H,6-14,17-30H2,1-5H3/b16-15-. The first-order valence-corrected chi connectivity index (χ1v) is 17.3. The summed E-state index contributed by atoms with van der Waals surface area (Å²) in [6.07, 6.45) is 21.3. The van der Waals surface area contributed by atoms with Gasteiger partial charge >= 0.3 is 11.9 Å². The van der Waals surface area contributed by atoms with Gasteiger partial charge < -0.3 is 33.3 Å². The zero-order chi connectivity index (χ0) is 32.9.